The van der Waals surface area contributed by atoms with E-state index >= 15 is 0 Å². The normalized spacial score (nSPS) is 22.3. The monoisotopic (exact) mass is 427 g/mol. The SMILES string of the molecule is CC.CC/C=C(\C=C(\OC)C(C)OC)CCO.O[C@@H]1CCCN(C2CCCCC2)C1. The first-order chi connectivity index (χ1) is 14.5. The van der Waals surface area contributed by atoms with Crippen molar-refractivity contribution in [1.29, 1.82) is 0 Å². The third-order valence-electron chi connectivity index (χ3n) is 5.70. The zero-order valence-corrected chi connectivity index (χ0v) is 20.5. The minimum absolute atomic E-state index is 0.0457. The molecule has 30 heavy (non-hydrogen) atoms. The van der Waals surface area contributed by atoms with Crippen LogP contribution in [0.3, 0.4) is 0 Å². The largest absolute Gasteiger partial charge is 0.498 e. The predicted molar refractivity (Wildman–Crippen MR) is 127 cm³/mol. The van der Waals surface area contributed by atoms with Crippen LogP contribution in [-0.4, -0.2) is 67.3 Å². The van der Waals surface area contributed by atoms with Gasteiger partial charge in [0.2, 0.25) is 0 Å². The molecule has 0 bridgehead atoms. The lowest BCUT2D eigenvalue weighted by Gasteiger charge is -2.38. The molecule has 0 aromatic heterocycles. The van der Waals surface area contributed by atoms with Gasteiger partial charge in [-0.3, -0.25) is 4.90 Å². The van der Waals surface area contributed by atoms with Gasteiger partial charge in [0.1, 0.15) is 11.9 Å². The summed E-state index contributed by atoms with van der Waals surface area (Å²) in [5.74, 6) is 0.783. The number of nitrogens with zero attached hydrogens (tertiary/aromatic N) is 1. The van der Waals surface area contributed by atoms with E-state index in [-0.39, 0.29) is 18.8 Å². The van der Waals surface area contributed by atoms with Crippen LogP contribution in [0.5, 0.6) is 0 Å². The fourth-order valence-corrected chi connectivity index (χ4v) is 4.03. The van der Waals surface area contributed by atoms with E-state index in [1.165, 1.54) is 45.1 Å². The van der Waals surface area contributed by atoms with Crippen LogP contribution in [0, 0.1) is 0 Å². The number of piperidine rings is 1. The Kier molecular flexibility index (Phi) is 18.3. The molecule has 178 valence electrons. The molecule has 1 aliphatic carbocycles. The fourth-order valence-electron chi connectivity index (χ4n) is 4.03. The summed E-state index contributed by atoms with van der Waals surface area (Å²) in [6.45, 7) is 10.3. The third kappa shape index (κ3) is 12.1. The maximum Gasteiger partial charge on any atom is 0.124 e. The Morgan fingerprint density at radius 1 is 1.10 bits per heavy atom. The van der Waals surface area contributed by atoms with Crippen molar-refractivity contribution in [2.24, 2.45) is 0 Å². The average molecular weight is 428 g/mol. The van der Waals surface area contributed by atoms with Gasteiger partial charge in [-0.05, 0) is 63.6 Å². The quantitative estimate of drug-likeness (QED) is 0.418. The number of methoxy groups -OCH3 is 2. The maximum atomic E-state index is 9.57. The molecular weight excluding hydrogens is 378 g/mol. The van der Waals surface area contributed by atoms with Crippen LogP contribution in [0.15, 0.2) is 23.5 Å². The zero-order valence-electron chi connectivity index (χ0n) is 20.5. The highest BCUT2D eigenvalue weighted by atomic mass is 16.5. The Morgan fingerprint density at radius 3 is 2.27 bits per heavy atom. The van der Waals surface area contributed by atoms with E-state index in [1.807, 2.05) is 26.8 Å². The molecular formula is C25H49NO4. The Balaban J connectivity index is 0.000000520. The number of aliphatic hydroxyl groups is 2. The third-order valence-corrected chi connectivity index (χ3v) is 5.70. The van der Waals surface area contributed by atoms with Gasteiger partial charge in [-0.15, -0.1) is 0 Å². The molecule has 2 fully saturated rings. The lowest BCUT2D eigenvalue weighted by molar-refractivity contribution is 0.0361. The van der Waals surface area contributed by atoms with Crippen LogP contribution in [0.2, 0.25) is 0 Å². The van der Waals surface area contributed by atoms with Gasteiger partial charge in [0.05, 0.1) is 13.2 Å². The highest BCUT2D eigenvalue weighted by molar-refractivity contribution is 5.22. The molecule has 1 saturated carbocycles. The van der Waals surface area contributed by atoms with Gasteiger partial charge < -0.3 is 19.7 Å². The second-order valence-electron chi connectivity index (χ2n) is 7.87. The van der Waals surface area contributed by atoms with Crippen molar-refractivity contribution in [2.45, 2.75) is 104 Å². The number of β-amino-alcohol motifs (C(OH)–C–C–N with tert-alkyl or cyclic N) is 1. The van der Waals surface area contributed by atoms with E-state index in [0.717, 1.165) is 36.8 Å². The summed E-state index contributed by atoms with van der Waals surface area (Å²) in [6, 6.07) is 0.795. The van der Waals surface area contributed by atoms with Gasteiger partial charge in [0.25, 0.3) is 0 Å². The van der Waals surface area contributed by atoms with Crippen molar-refractivity contribution >= 4 is 0 Å². The van der Waals surface area contributed by atoms with Gasteiger partial charge in [0, 0.05) is 26.3 Å². The van der Waals surface area contributed by atoms with Crippen molar-refractivity contribution in [2.75, 3.05) is 33.9 Å². The van der Waals surface area contributed by atoms with Crippen LogP contribution in [-0.2, 0) is 9.47 Å². The van der Waals surface area contributed by atoms with Crippen molar-refractivity contribution in [3.05, 3.63) is 23.5 Å². The maximum absolute atomic E-state index is 9.57. The molecule has 0 radical (unpaired) electrons. The second kappa shape index (κ2) is 18.9. The summed E-state index contributed by atoms with van der Waals surface area (Å²) in [6.07, 6.45) is 14.7. The summed E-state index contributed by atoms with van der Waals surface area (Å²) in [4.78, 5) is 2.52. The van der Waals surface area contributed by atoms with Gasteiger partial charge in [-0.25, -0.2) is 0 Å². The predicted octanol–water partition coefficient (Wildman–Crippen LogP) is 5.07. The molecule has 0 aromatic carbocycles. The fraction of sp³-hybridized carbons (Fsp3) is 0.840. The first-order valence-corrected chi connectivity index (χ1v) is 12.1. The van der Waals surface area contributed by atoms with Crippen LogP contribution in [0.1, 0.15) is 85.5 Å². The average Bonchev–Trinajstić information content (AvgIpc) is 2.79. The van der Waals surface area contributed by atoms with Crippen molar-refractivity contribution < 1.29 is 19.7 Å². The number of aliphatic hydroxyl groups excluding tert-OH is 2. The highest BCUT2D eigenvalue weighted by Gasteiger charge is 2.25. The summed E-state index contributed by atoms with van der Waals surface area (Å²) < 4.78 is 10.4. The molecule has 0 amide bonds. The van der Waals surface area contributed by atoms with Crippen molar-refractivity contribution in [1.82, 2.24) is 4.90 Å². The van der Waals surface area contributed by atoms with Gasteiger partial charge >= 0.3 is 0 Å². The number of hydrogen-bond acceptors (Lipinski definition) is 5. The minimum Gasteiger partial charge on any atom is -0.498 e. The smallest absolute Gasteiger partial charge is 0.124 e. The van der Waals surface area contributed by atoms with Crippen LogP contribution < -0.4 is 0 Å². The molecule has 2 rings (SSSR count). The summed E-state index contributed by atoms with van der Waals surface area (Å²) in [7, 11) is 3.27. The zero-order chi connectivity index (χ0) is 22.8. The molecule has 1 heterocycles. The van der Waals surface area contributed by atoms with E-state index in [1.54, 1.807) is 14.2 Å². The summed E-state index contributed by atoms with van der Waals surface area (Å²) >= 11 is 0. The van der Waals surface area contributed by atoms with E-state index in [2.05, 4.69) is 17.9 Å². The molecule has 2 N–H and O–H groups in total. The Hall–Kier alpha value is -0.880. The Bertz CT molecular complexity index is 458. The lowest BCUT2D eigenvalue weighted by Crippen LogP contribution is -2.45. The molecule has 0 spiro atoms. The van der Waals surface area contributed by atoms with Gasteiger partial charge in [0.15, 0.2) is 0 Å². The van der Waals surface area contributed by atoms with Gasteiger partial charge in [-0.2, -0.15) is 0 Å². The van der Waals surface area contributed by atoms with Gasteiger partial charge in [-0.1, -0.05) is 46.1 Å². The molecule has 2 aliphatic rings. The molecule has 5 nitrogen and oxygen atoms in total. The van der Waals surface area contributed by atoms with Crippen molar-refractivity contribution in [3.8, 4) is 0 Å². The first kappa shape index (κ1) is 29.1. The molecule has 1 unspecified atom stereocenters. The highest BCUT2D eigenvalue weighted by Crippen LogP contribution is 2.25. The van der Waals surface area contributed by atoms with E-state index in [4.69, 9.17) is 14.6 Å². The molecule has 0 aromatic rings. The van der Waals surface area contributed by atoms with Crippen LogP contribution >= 0.6 is 0 Å². The topological polar surface area (TPSA) is 62.2 Å². The van der Waals surface area contributed by atoms with Crippen LogP contribution in [0.4, 0.5) is 0 Å². The molecule has 5 heteroatoms. The first-order valence-electron chi connectivity index (χ1n) is 12.1. The number of rotatable bonds is 8. The number of ether oxygens (including phenoxy) is 2. The molecule has 2 atom stereocenters. The minimum atomic E-state index is -0.0612. The Labute approximate surface area is 186 Å². The van der Waals surface area contributed by atoms with Crippen LogP contribution in [0.25, 0.3) is 0 Å². The number of hydrogen-bond donors (Lipinski definition) is 2. The van der Waals surface area contributed by atoms with E-state index in [0.29, 0.717) is 6.42 Å². The summed E-state index contributed by atoms with van der Waals surface area (Å²) in [5.41, 5.74) is 1.08. The Morgan fingerprint density at radius 2 is 1.77 bits per heavy atom. The second-order valence-corrected chi connectivity index (χ2v) is 7.87. The van der Waals surface area contributed by atoms with E-state index < -0.39 is 0 Å². The molecule has 1 aliphatic heterocycles. The van der Waals surface area contributed by atoms with E-state index in [9.17, 15) is 5.11 Å². The standard InChI is InChI=1S/C12H22O3.C11H21NO.C2H6/c1-5-6-11(7-8-13)9-12(15-4)10(2)14-3;13-11-7-4-8-12(9-11)10-5-2-1-3-6-10;1-2/h6,9-10,13H,5,7-8H2,1-4H3;10-11,13H,1-9H2;1-2H3/b11-6-,12-9+;;/t;11-;/m.1./s1. The summed E-state index contributed by atoms with van der Waals surface area (Å²) in [5, 5.41) is 18.5. The lowest BCUT2D eigenvalue weighted by atomic mass is 9.92. The number of likely N-dealkylation sites (tertiary alicyclic amines) is 1. The number of allylic oxidation sites excluding steroid dienone is 2. The molecule has 1 saturated heterocycles. The van der Waals surface area contributed by atoms with Crippen molar-refractivity contribution in [3.63, 3.8) is 0 Å².